The Bertz CT molecular complexity index is 1020. The van der Waals surface area contributed by atoms with Crippen LogP contribution in [0.5, 0.6) is 0 Å². The highest BCUT2D eigenvalue weighted by molar-refractivity contribution is 6.35. The Balaban J connectivity index is 1.40. The number of imide groups is 1. The fraction of sp³-hybridized carbons (Fsp3) is 0.400. The Morgan fingerprint density at radius 2 is 1.84 bits per heavy atom. The molecule has 2 aliphatic rings. The van der Waals surface area contributed by atoms with E-state index in [9.17, 15) is 14.4 Å². The van der Waals surface area contributed by atoms with Gasteiger partial charge in [-0.1, -0.05) is 24.6 Å². The molecule has 1 saturated heterocycles. The van der Waals surface area contributed by atoms with Crippen LogP contribution in [-0.4, -0.2) is 48.3 Å². The Morgan fingerprint density at radius 1 is 1.06 bits per heavy atom. The van der Waals surface area contributed by atoms with Crippen molar-refractivity contribution < 1.29 is 14.4 Å². The summed E-state index contributed by atoms with van der Waals surface area (Å²) in [5.74, 6) is -0.955. The number of nitrogens with zero attached hydrogens (tertiary/aromatic N) is 2. The van der Waals surface area contributed by atoms with Crippen LogP contribution in [0.1, 0.15) is 69.2 Å². The van der Waals surface area contributed by atoms with Crippen LogP contribution in [0.25, 0.3) is 0 Å². The second kappa shape index (κ2) is 9.02. The summed E-state index contributed by atoms with van der Waals surface area (Å²) in [5, 5.41) is 2.95. The maximum Gasteiger partial charge on any atom is 0.266 e. The molecule has 4 rings (SSSR count). The van der Waals surface area contributed by atoms with E-state index in [-0.39, 0.29) is 23.3 Å². The van der Waals surface area contributed by atoms with Crippen molar-refractivity contribution in [1.82, 2.24) is 10.2 Å². The number of hydrogen-bond donors (Lipinski definition) is 1. The maximum atomic E-state index is 13.0. The van der Waals surface area contributed by atoms with Gasteiger partial charge in [0.1, 0.15) is 0 Å². The first-order valence-corrected chi connectivity index (χ1v) is 11.1. The van der Waals surface area contributed by atoms with Crippen molar-refractivity contribution in [1.29, 1.82) is 0 Å². The van der Waals surface area contributed by atoms with Crippen LogP contribution >= 0.6 is 0 Å². The lowest BCUT2D eigenvalue weighted by atomic mass is 10.0. The van der Waals surface area contributed by atoms with Crippen LogP contribution in [0, 0.1) is 6.92 Å². The third-order valence-corrected chi connectivity index (χ3v) is 6.35. The van der Waals surface area contributed by atoms with Gasteiger partial charge in [0.2, 0.25) is 0 Å². The molecule has 0 bridgehead atoms. The minimum absolute atomic E-state index is 0.218. The molecule has 31 heavy (non-hydrogen) atoms. The highest BCUT2D eigenvalue weighted by atomic mass is 16.2. The molecule has 6 nitrogen and oxygen atoms in total. The van der Waals surface area contributed by atoms with Crippen molar-refractivity contribution in [3.63, 3.8) is 0 Å². The van der Waals surface area contributed by atoms with E-state index in [1.807, 2.05) is 19.1 Å². The molecule has 2 aromatic carbocycles. The lowest BCUT2D eigenvalue weighted by Crippen LogP contribution is -2.39. The number of aryl methyl sites for hydroxylation is 1. The number of carbonyl (C=O) groups is 3. The summed E-state index contributed by atoms with van der Waals surface area (Å²) in [7, 11) is 0. The maximum absolute atomic E-state index is 13.0. The molecule has 1 unspecified atom stereocenters. The fourth-order valence-corrected chi connectivity index (χ4v) is 4.49. The molecule has 0 saturated carbocycles. The summed E-state index contributed by atoms with van der Waals surface area (Å²) >= 11 is 0. The summed E-state index contributed by atoms with van der Waals surface area (Å²) in [4.78, 5) is 42.1. The molecule has 0 aliphatic carbocycles. The number of piperidine rings is 1. The predicted octanol–water partition coefficient (Wildman–Crippen LogP) is 3.79. The molecule has 3 amide bonds. The van der Waals surface area contributed by atoms with Crippen molar-refractivity contribution in [3.8, 4) is 0 Å². The van der Waals surface area contributed by atoms with Crippen molar-refractivity contribution in [2.75, 3.05) is 24.5 Å². The number of rotatable bonds is 6. The van der Waals surface area contributed by atoms with Crippen LogP contribution < -0.4 is 10.2 Å². The van der Waals surface area contributed by atoms with E-state index in [0.29, 0.717) is 29.4 Å². The van der Waals surface area contributed by atoms with E-state index in [4.69, 9.17) is 0 Å². The highest BCUT2D eigenvalue weighted by Gasteiger charge is 2.37. The number of fused-ring (bicyclic) bond motifs is 1. The van der Waals surface area contributed by atoms with Crippen LogP contribution in [0.15, 0.2) is 42.5 Å². The van der Waals surface area contributed by atoms with E-state index in [1.165, 1.54) is 30.2 Å². The van der Waals surface area contributed by atoms with E-state index < -0.39 is 0 Å². The van der Waals surface area contributed by atoms with Crippen molar-refractivity contribution in [2.24, 2.45) is 0 Å². The number of likely N-dealkylation sites (tertiary alicyclic amines) is 1. The number of anilines is 1. The summed E-state index contributed by atoms with van der Waals surface area (Å²) in [5.41, 5.74) is 2.44. The number of hydrogen-bond acceptors (Lipinski definition) is 4. The van der Waals surface area contributed by atoms with Gasteiger partial charge in [-0.2, -0.15) is 0 Å². The van der Waals surface area contributed by atoms with E-state index in [0.717, 1.165) is 25.1 Å². The first kappa shape index (κ1) is 21.2. The smallest absolute Gasteiger partial charge is 0.266 e. The summed E-state index contributed by atoms with van der Waals surface area (Å²) in [6, 6.07) is 12.6. The Hall–Kier alpha value is -2.99. The molecular formula is C25H29N3O3. The second-order valence-electron chi connectivity index (χ2n) is 8.48. The minimum atomic E-state index is -0.386. The van der Waals surface area contributed by atoms with Gasteiger partial charge >= 0.3 is 0 Å². The third-order valence-electron chi connectivity index (χ3n) is 6.35. The van der Waals surface area contributed by atoms with E-state index >= 15 is 0 Å². The van der Waals surface area contributed by atoms with Gasteiger partial charge in [0.15, 0.2) is 0 Å². The zero-order valence-corrected chi connectivity index (χ0v) is 18.2. The van der Waals surface area contributed by atoms with Gasteiger partial charge in [-0.15, -0.1) is 0 Å². The van der Waals surface area contributed by atoms with Gasteiger partial charge in [0.25, 0.3) is 17.7 Å². The Morgan fingerprint density at radius 3 is 2.61 bits per heavy atom. The van der Waals surface area contributed by atoms with Crippen molar-refractivity contribution >= 4 is 23.4 Å². The summed E-state index contributed by atoms with van der Waals surface area (Å²) in [6.45, 7) is 6.82. The molecule has 1 atom stereocenters. The first-order chi connectivity index (χ1) is 15.0. The molecule has 1 fully saturated rings. The zero-order chi connectivity index (χ0) is 22.0. The van der Waals surface area contributed by atoms with Crippen molar-refractivity contribution in [3.05, 3.63) is 64.7 Å². The minimum Gasteiger partial charge on any atom is -0.352 e. The highest BCUT2D eigenvalue weighted by Crippen LogP contribution is 2.31. The molecule has 162 valence electrons. The largest absolute Gasteiger partial charge is 0.352 e. The summed E-state index contributed by atoms with van der Waals surface area (Å²) in [6.07, 6.45) is 4.68. The van der Waals surface area contributed by atoms with Crippen LogP contribution in [0.3, 0.4) is 0 Å². The molecule has 2 aromatic rings. The van der Waals surface area contributed by atoms with E-state index in [1.54, 1.807) is 24.3 Å². The summed E-state index contributed by atoms with van der Waals surface area (Å²) < 4.78 is 0. The monoisotopic (exact) mass is 419 g/mol. The lowest BCUT2D eigenvalue weighted by Gasteiger charge is -2.33. The van der Waals surface area contributed by atoms with Gasteiger partial charge in [0.05, 0.1) is 16.8 Å². The fourth-order valence-electron chi connectivity index (χ4n) is 4.49. The molecule has 0 radical (unpaired) electrons. The van der Waals surface area contributed by atoms with Crippen molar-refractivity contribution in [2.45, 2.75) is 45.6 Å². The number of para-hydroxylation sites is 1. The molecular weight excluding hydrogens is 390 g/mol. The average Bonchev–Trinajstić information content (AvgIpc) is 3.02. The van der Waals surface area contributed by atoms with E-state index in [2.05, 4.69) is 17.1 Å². The second-order valence-corrected chi connectivity index (χ2v) is 8.48. The molecule has 2 aliphatic heterocycles. The lowest BCUT2D eigenvalue weighted by molar-refractivity contribution is 0.0923. The zero-order valence-electron chi connectivity index (χ0n) is 18.2. The predicted molar refractivity (Wildman–Crippen MR) is 121 cm³/mol. The SMILES string of the molecule is Cc1ccccc1N1C(=O)c2ccc(C(=O)NCCCN3CCCCC3C)cc2C1=O. The number of amides is 3. The number of carbonyl (C=O) groups excluding carboxylic acids is 3. The molecule has 6 heteroatoms. The molecule has 1 N–H and O–H groups in total. The Labute approximate surface area is 183 Å². The Kier molecular flexibility index (Phi) is 6.18. The van der Waals surface area contributed by atoms with Gasteiger partial charge in [-0.05, 0) is 69.5 Å². The third kappa shape index (κ3) is 4.26. The normalized spacial score (nSPS) is 18.9. The van der Waals surface area contributed by atoms with Gasteiger partial charge in [-0.3, -0.25) is 14.4 Å². The van der Waals surface area contributed by atoms with Gasteiger partial charge < -0.3 is 10.2 Å². The number of benzene rings is 2. The first-order valence-electron chi connectivity index (χ1n) is 11.1. The van der Waals surface area contributed by atoms with Gasteiger partial charge in [-0.25, -0.2) is 4.90 Å². The topological polar surface area (TPSA) is 69.7 Å². The molecule has 0 aromatic heterocycles. The van der Waals surface area contributed by atoms with Crippen LogP contribution in [-0.2, 0) is 0 Å². The van der Waals surface area contributed by atoms with Crippen LogP contribution in [0.2, 0.25) is 0 Å². The molecule has 0 spiro atoms. The molecule has 2 heterocycles. The van der Waals surface area contributed by atoms with Gasteiger partial charge in [0, 0.05) is 24.7 Å². The average molecular weight is 420 g/mol. The standard InChI is InChI=1S/C25H29N3O3/c1-17-8-3-4-10-22(17)28-24(30)20-12-11-19(16-21(20)25(28)31)23(29)26-13-7-15-27-14-6-5-9-18(27)2/h3-4,8,10-12,16,18H,5-7,9,13-15H2,1-2H3,(H,26,29). The number of nitrogens with one attached hydrogen (secondary N) is 1. The quantitative estimate of drug-likeness (QED) is 0.571. The van der Waals surface area contributed by atoms with Crippen LogP contribution in [0.4, 0.5) is 5.69 Å².